The van der Waals surface area contributed by atoms with Crippen molar-refractivity contribution in [1.82, 2.24) is 25.0 Å². The molecule has 140 valence electrons. The van der Waals surface area contributed by atoms with E-state index in [4.69, 9.17) is 16.3 Å². The van der Waals surface area contributed by atoms with Gasteiger partial charge in [0.25, 0.3) is 0 Å². The molecule has 1 aromatic carbocycles. The van der Waals surface area contributed by atoms with Gasteiger partial charge in [0.2, 0.25) is 0 Å². The van der Waals surface area contributed by atoms with Gasteiger partial charge in [-0.05, 0) is 25.1 Å². The Labute approximate surface area is 159 Å². The van der Waals surface area contributed by atoms with Crippen molar-refractivity contribution in [2.24, 2.45) is 12.0 Å². The first-order chi connectivity index (χ1) is 12.5. The van der Waals surface area contributed by atoms with Crippen LogP contribution in [0.2, 0.25) is 5.02 Å². The van der Waals surface area contributed by atoms with Crippen molar-refractivity contribution >= 4 is 17.6 Å². The van der Waals surface area contributed by atoms with Crippen molar-refractivity contribution in [3.8, 4) is 5.75 Å². The topological polar surface area (TPSA) is 67.6 Å². The Hall–Kier alpha value is -2.54. The largest absolute Gasteiger partial charge is 0.492 e. The van der Waals surface area contributed by atoms with Gasteiger partial charge < -0.3 is 19.5 Å². The predicted molar refractivity (Wildman–Crippen MR) is 105 cm³/mol. The third-order valence-electron chi connectivity index (χ3n) is 3.81. The zero-order valence-electron chi connectivity index (χ0n) is 15.4. The summed E-state index contributed by atoms with van der Waals surface area (Å²) in [6.45, 7) is 7.88. The van der Waals surface area contributed by atoms with Crippen LogP contribution in [-0.4, -0.2) is 52.4 Å². The van der Waals surface area contributed by atoms with Crippen LogP contribution in [0.3, 0.4) is 0 Å². The SMILES string of the molecule is C=CCNC(=NCc1nnc(C)n1C)N(C)CCOc1cccc(Cl)c1. The fraction of sp³-hybridized carbons (Fsp3) is 0.389. The second-order valence-electron chi connectivity index (χ2n) is 5.76. The number of nitrogens with one attached hydrogen (secondary N) is 1. The molecule has 2 aromatic rings. The van der Waals surface area contributed by atoms with Crippen LogP contribution in [-0.2, 0) is 13.6 Å². The normalized spacial score (nSPS) is 11.3. The van der Waals surface area contributed by atoms with Gasteiger partial charge in [-0.2, -0.15) is 0 Å². The molecular formula is C18H25ClN6O. The Morgan fingerprint density at radius 2 is 2.27 bits per heavy atom. The number of likely N-dealkylation sites (N-methyl/N-ethyl adjacent to an activating group) is 1. The van der Waals surface area contributed by atoms with E-state index < -0.39 is 0 Å². The third kappa shape index (κ3) is 5.77. The van der Waals surface area contributed by atoms with Crippen molar-refractivity contribution in [2.75, 3.05) is 26.7 Å². The first kappa shape index (κ1) is 19.8. The average Bonchev–Trinajstić information content (AvgIpc) is 2.94. The van der Waals surface area contributed by atoms with Crippen molar-refractivity contribution in [3.63, 3.8) is 0 Å². The minimum absolute atomic E-state index is 0.441. The smallest absolute Gasteiger partial charge is 0.194 e. The van der Waals surface area contributed by atoms with Gasteiger partial charge in [-0.3, -0.25) is 0 Å². The third-order valence-corrected chi connectivity index (χ3v) is 4.05. The lowest BCUT2D eigenvalue weighted by atomic mass is 10.3. The Morgan fingerprint density at radius 1 is 1.46 bits per heavy atom. The Morgan fingerprint density at radius 3 is 2.92 bits per heavy atom. The van der Waals surface area contributed by atoms with Gasteiger partial charge in [-0.15, -0.1) is 16.8 Å². The summed E-state index contributed by atoms with van der Waals surface area (Å²) in [7, 11) is 3.89. The van der Waals surface area contributed by atoms with Gasteiger partial charge in [0.1, 0.15) is 24.7 Å². The van der Waals surface area contributed by atoms with Gasteiger partial charge in [0, 0.05) is 25.7 Å². The van der Waals surface area contributed by atoms with Crippen LogP contribution < -0.4 is 10.1 Å². The monoisotopic (exact) mass is 376 g/mol. The summed E-state index contributed by atoms with van der Waals surface area (Å²) in [5.41, 5.74) is 0. The fourth-order valence-electron chi connectivity index (χ4n) is 2.17. The van der Waals surface area contributed by atoms with E-state index in [-0.39, 0.29) is 0 Å². The maximum atomic E-state index is 5.97. The number of aliphatic imine (C=N–C) groups is 1. The molecule has 0 amide bonds. The maximum absolute atomic E-state index is 5.97. The molecule has 0 saturated heterocycles. The van der Waals surface area contributed by atoms with Crippen molar-refractivity contribution in [1.29, 1.82) is 0 Å². The van der Waals surface area contributed by atoms with Crippen LogP contribution in [0, 0.1) is 6.92 Å². The number of guanidine groups is 1. The van der Waals surface area contributed by atoms with Crippen LogP contribution >= 0.6 is 11.6 Å². The number of nitrogens with zero attached hydrogens (tertiary/aromatic N) is 5. The highest BCUT2D eigenvalue weighted by atomic mass is 35.5. The molecule has 0 aliphatic carbocycles. The number of halogens is 1. The van der Waals surface area contributed by atoms with Crippen molar-refractivity contribution in [2.45, 2.75) is 13.5 Å². The van der Waals surface area contributed by atoms with Gasteiger partial charge in [-0.25, -0.2) is 4.99 Å². The summed E-state index contributed by atoms with van der Waals surface area (Å²) in [5, 5.41) is 12.1. The van der Waals surface area contributed by atoms with Crippen LogP contribution in [0.1, 0.15) is 11.6 Å². The molecule has 1 N–H and O–H groups in total. The Balaban J connectivity index is 1.94. The summed E-state index contributed by atoms with van der Waals surface area (Å²) in [6.07, 6.45) is 1.79. The molecule has 7 nitrogen and oxygen atoms in total. The van der Waals surface area contributed by atoms with Crippen LogP contribution in [0.25, 0.3) is 0 Å². The summed E-state index contributed by atoms with van der Waals surface area (Å²) < 4.78 is 7.67. The van der Waals surface area contributed by atoms with E-state index in [0.29, 0.717) is 31.3 Å². The molecule has 1 aromatic heterocycles. The first-order valence-electron chi connectivity index (χ1n) is 8.35. The lowest BCUT2D eigenvalue weighted by Gasteiger charge is -2.22. The van der Waals surface area contributed by atoms with E-state index in [1.54, 1.807) is 12.1 Å². The quantitative estimate of drug-likeness (QED) is 0.435. The van der Waals surface area contributed by atoms with Gasteiger partial charge in [0.05, 0.1) is 6.54 Å². The molecule has 8 heteroatoms. The molecular weight excluding hydrogens is 352 g/mol. The second-order valence-corrected chi connectivity index (χ2v) is 6.20. The Bertz CT molecular complexity index is 758. The highest BCUT2D eigenvalue weighted by molar-refractivity contribution is 6.30. The highest BCUT2D eigenvalue weighted by Crippen LogP contribution is 2.16. The molecule has 0 aliphatic rings. The summed E-state index contributed by atoms with van der Waals surface area (Å²) in [5.74, 6) is 3.17. The highest BCUT2D eigenvalue weighted by Gasteiger charge is 2.09. The molecule has 0 fully saturated rings. The molecule has 0 spiro atoms. The molecule has 0 radical (unpaired) electrons. The number of rotatable bonds is 8. The van der Waals surface area contributed by atoms with Crippen LogP contribution in [0.15, 0.2) is 41.9 Å². The molecule has 0 atom stereocenters. The van der Waals surface area contributed by atoms with Crippen molar-refractivity contribution in [3.05, 3.63) is 53.6 Å². The number of ether oxygens (including phenoxy) is 1. The van der Waals surface area contributed by atoms with Gasteiger partial charge in [-0.1, -0.05) is 23.7 Å². The Kier molecular flexibility index (Phi) is 7.47. The number of aryl methyl sites for hydroxylation is 1. The lowest BCUT2D eigenvalue weighted by molar-refractivity contribution is 0.281. The minimum Gasteiger partial charge on any atom is -0.492 e. The van der Waals surface area contributed by atoms with Gasteiger partial charge >= 0.3 is 0 Å². The number of hydrogen-bond acceptors (Lipinski definition) is 4. The lowest BCUT2D eigenvalue weighted by Crippen LogP contribution is -2.41. The van der Waals surface area contributed by atoms with Gasteiger partial charge in [0.15, 0.2) is 11.8 Å². The van der Waals surface area contributed by atoms with E-state index in [0.717, 1.165) is 23.4 Å². The zero-order chi connectivity index (χ0) is 18.9. The molecule has 2 rings (SSSR count). The fourth-order valence-corrected chi connectivity index (χ4v) is 2.35. The van der Waals surface area contributed by atoms with Crippen LogP contribution in [0.5, 0.6) is 5.75 Å². The summed E-state index contributed by atoms with van der Waals surface area (Å²) >= 11 is 5.97. The van der Waals surface area contributed by atoms with Crippen molar-refractivity contribution < 1.29 is 4.74 Å². The van der Waals surface area contributed by atoms with E-state index in [1.165, 1.54) is 0 Å². The second kappa shape index (κ2) is 9.82. The van der Waals surface area contributed by atoms with E-state index in [9.17, 15) is 0 Å². The molecule has 0 bridgehead atoms. The number of aromatic nitrogens is 3. The standard InChI is InChI=1S/C18H25ClN6O/c1-5-9-20-18(21-13-17-23-22-14(2)25(17)4)24(3)10-11-26-16-8-6-7-15(19)12-16/h5-8,12H,1,9-11,13H2,2-4H3,(H,20,21). The first-order valence-corrected chi connectivity index (χ1v) is 8.72. The van der Waals surface area contributed by atoms with E-state index in [1.807, 2.05) is 48.7 Å². The molecule has 26 heavy (non-hydrogen) atoms. The molecule has 1 heterocycles. The number of benzene rings is 1. The van der Waals surface area contributed by atoms with E-state index in [2.05, 4.69) is 27.1 Å². The molecule has 0 aliphatic heterocycles. The molecule has 0 saturated carbocycles. The summed E-state index contributed by atoms with van der Waals surface area (Å²) in [4.78, 5) is 6.63. The number of hydrogen-bond donors (Lipinski definition) is 1. The van der Waals surface area contributed by atoms with Crippen LogP contribution in [0.4, 0.5) is 0 Å². The van der Waals surface area contributed by atoms with E-state index >= 15 is 0 Å². The zero-order valence-corrected chi connectivity index (χ0v) is 16.2. The minimum atomic E-state index is 0.441. The maximum Gasteiger partial charge on any atom is 0.194 e. The summed E-state index contributed by atoms with van der Waals surface area (Å²) in [6, 6.07) is 7.36. The molecule has 0 unspecified atom stereocenters. The predicted octanol–water partition coefficient (Wildman–Crippen LogP) is 2.42. The average molecular weight is 377 g/mol.